The lowest BCUT2D eigenvalue weighted by atomic mass is 9.80. The summed E-state index contributed by atoms with van der Waals surface area (Å²) in [5.41, 5.74) is 8.29. The van der Waals surface area contributed by atoms with Crippen LogP contribution >= 0.6 is 0 Å². The predicted octanol–water partition coefficient (Wildman–Crippen LogP) is 6.24. The Kier molecular flexibility index (Phi) is 6.43. The second-order valence-electron chi connectivity index (χ2n) is 8.40. The predicted molar refractivity (Wildman–Crippen MR) is 143 cm³/mol. The van der Waals surface area contributed by atoms with Crippen LogP contribution in [0.4, 0.5) is 17.1 Å². The van der Waals surface area contributed by atoms with Crippen molar-refractivity contribution in [1.29, 1.82) is 0 Å². The van der Waals surface area contributed by atoms with Gasteiger partial charge in [-0.25, -0.2) is 0 Å². The van der Waals surface area contributed by atoms with E-state index in [0.29, 0.717) is 5.46 Å². The monoisotopic (exact) mass is 443 g/mol. The van der Waals surface area contributed by atoms with E-state index in [1.807, 2.05) is 30.3 Å². The van der Waals surface area contributed by atoms with Crippen LogP contribution in [0.3, 0.4) is 0 Å². The van der Waals surface area contributed by atoms with Gasteiger partial charge in [0.2, 0.25) is 0 Å². The van der Waals surface area contributed by atoms with Gasteiger partial charge in [-0.3, -0.25) is 0 Å². The lowest BCUT2D eigenvalue weighted by Crippen LogP contribution is -2.29. The Morgan fingerprint density at radius 1 is 0.559 bits per heavy atom. The first-order chi connectivity index (χ1) is 16.7. The topological polar surface area (TPSA) is 43.7 Å². The number of anilines is 3. The van der Waals surface area contributed by atoms with Crippen molar-refractivity contribution in [2.24, 2.45) is 0 Å². The van der Waals surface area contributed by atoms with Crippen LogP contribution in [0, 0.1) is 0 Å². The first kappa shape index (κ1) is 22.0. The highest BCUT2D eigenvalue weighted by molar-refractivity contribution is 6.58. The smallest absolute Gasteiger partial charge is 0.423 e. The van der Waals surface area contributed by atoms with Gasteiger partial charge in [-0.1, -0.05) is 85.0 Å². The zero-order valence-corrected chi connectivity index (χ0v) is 18.9. The van der Waals surface area contributed by atoms with Gasteiger partial charge in [0.15, 0.2) is 0 Å². The summed E-state index contributed by atoms with van der Waals surface area (Å²) in [5.74, 6) is 0. The van der Waals surface area contributed by atoms with Crippen LogP contribution in [0.5, 0.6) is 0 Å². The van der Waals surface area contributed by atoms with Gasteiger partial charge in [0.25, 0.3) is 0 Å². The maximum Gasteiger partial charge on any atom is 0.488 e. The highest BCUT2D eigenvalue weighted by Gasteiger charge is 2.16. The third kappa shape index (κ3) is 4.74. The summed E-state index contributed by atoms with van der Waals surface area (Å²) < 4.78 is 0. The van der Waals surface area contributed by atoms with Crippen molar-refractivity contribution in [3.8, 4) is 11.1 Å². The van der Waals surface area contributed by atoms with E-state index in [9.17, 15) is 10.0 Å². The van der Waals surface area contributed by atoms with Gasteiger partial charge in [-0.05, 0) is 77.0 Å². The SMILES string of the molecule is OB(O)c1ccc(N(c2ccc(C3=CCCC=C3)cc2)c2ccc(-c3ccccc3)cc2)cc1. The van der Waals surface area contributed by atoms with Crippen LogP contribution in [0.25, 0.3) is 16.7 Å². The number of rotatable bonds is 6. The fourth-order valence-electron chi connectivity index (χ4n) is 4.31. The van der Waals surface area contributed by atoms with Gasteiger partial charge in [0, 0.05) is 17.1 Å². The van der Waals surface area contributed by atoms with E-state index in [4.69, 9.17) is 0 Å². The van der Waals surface area contributed by atoms with Gasteiger partial charge in [-0.2, -0.15) is 0 Å². The minimum Gasteiger partial charge on any atom is -0.423 e. The van der Waals surface area contributed by atoms with Gasteiger partial charge < -0.3 is 14.9 Å². The zero-order valence-electron chi connectivity index (χ0n) is 18.9. The molecule has 2 N–H and O–H groups in total. The maximum atomic E-state index is 9.51. The number of hydrogen-bond acceptors (Lipinski definition) is 3. The van der Waals surface area contributed by atoms with Crippen LogP contribution in [-0.4, -0.2) is 17.2 Å². The summed E-state index contributed by atoms with van der Waals surface area (Å²) in [5, 5.41) is 19.0. The summed E-state index contributed by atoms with van der Waals surface area (Å²) >= 11 is 0. The molecule has 0 saturated heterocycles. The molecular weight excluding hydrogens is 417 g/mol. The molecule has 5 rings (SSSR count). The average Bonchev–Trinajstić information content (AvgIpc) is 2.91. The third-order valence-corrected chi connectivity index (χ3v) is 6.14. The normalized spacial score (nSPS) is 12.8. The van der Waals surface area contributed by atoms with Crippen molar-refractivity contribution in [1.82, 2.24) is 0 Å². The Morgan fingerprint density at radius 3 is 1.62 bits per heavy atom. The molecule has 0 aliphatic heterocycles. The van der Waals surface area contributed by atoms with E-state index in [0.717, 1.165) is 35.5 Å². The molecule has 0 aromatic heterocycles. The van der Waals surface area contributed by atoms with E-state index in [1.54, 1.807) is 12.1 Å². The molecule has 0 saturated carbocycles. The van der Waals surface area contributed by atoms with Gasteiger partial charge >= 0.3 is 7.12 Å². The summed E-state index contributed by atoms with van der Waals surface area (Å²) in [6, 6.07) is 34.8. The van der Waals surface area contributed by atoms with E-state index in [1.165, 1.54) is 16.7 Å². The Labute approximate surface area is 201 Å². The van der Waals surface area contributed by atoms with Crippen LogP contribution < -0.4 is 10.4 Å². The molecular formula is C30H26BNO2. The molecule has 4 aromatic carbocycles. The summed E-state index contributed by atoms with van der Waals surface area (Å²) in [6.45, 7) is 0. The molecule has 1 aliphatic carbocycles. The lowest BCUT2D eigenvalue weighted by Gasteiger charge is -2.26. The Morgan fingerprint density at radius 2 is 1.09 bits per heavy atom. The zero-order chi connectivity index (χ0) is 23.3. The summed E-state index contributed by atoms with van der Waals surface area (Å²) in [6.07, 6.45) is 8.88. The van der Waals surface area contributed by atoms with Crippen LogP contribution in [-0.2, 0) is 0 Å². The molecule has 4 heteroatoms. The summed E-state index contributed by atoms with van der Waals surface area (Å²) in [4.78, 5) is 2.18. The number of benzene rings is 4. The van der Waals surface area contributed by atoms with Crippen LogP contribution in [0.15, 0.2) is 121 Å². The fourth-order valence-corrected chi connectivity index (χ4v) is 4.31. The molecule has 3 nitrogen and oxygen atoms in total. The molecule has 1 aliphatic rings. The Hall–Kier alpha value is -3.86. The highest BCUT2D eigenvalue weighted by atomic mass is 16.4. The summed E-state index contributed by atoms with van der Waals surface area (Å²) in [7, 11) is -1.48. The standard InChI is InChI=1S/C30H26BNO2/c33-31(34)27-15-21-30(22-16-27)32(28-17-11-25(12-18-28)23-7-3-1-4-8-23)29-19-13-26(14-20-29)24-9-5-2-6-10-24/h1,3-5,7-22,33-34H,2,6H2. The van der Waals surface area contributed by atoms with Gasteiger partial charge in [0.05, 0.1) is 0 Å². The molecule has 0 heterocycles. The van der Waals surface area contributed by atoms with Crippen molar-refractivity contribution in [2.45, 2.75) is 12.8 Å². The van der Waals surface area contributed by atoms with Gasteiger partial charge in [-0.15, -0.1) is 0 Å². The van der Waals surface area contributed by atoms with E-state index < -0.39 is 7.12 Å². The number of nitrogens with zero attached hydrogens (tertiary/aromatic N) is 1. The molecule has 0 radical (unpaired) electrons. The van der Waals surface area contributed by atoms with Crippen molar-refractivity contribution in [3.63, 3.8) is 0 Å². The fraction of sp³-hybridized carbons (Fsp3) is 0.0667. The van der Waals surface area contributed by atoms with Crippen LogP contribution in [0.2, 0.25) is 0 Å². The molecule has 0 bridgehead atoms. The largest absolute Gasteiger partial charge is 0.488 e. The molecule has 0 fully saturated rings. The van der Waals surface area contributed by atoms with Gasteiger partial charge in [0.1, 0.15) is 0 Å². The van der Waals surface area contributed by atoms with E-state index >= 15 is 0 Å². The van der Waals surface area contributed by atoms with Crippen molar-refractivity contribution in [3.05, 3.63) is 127 Å². The minimum absolute atomic E-state index is 0.467. The molecule has 0 atom stereocenters. The lowest BCUT2D eigenvalue weighted by molar-refractivity contribution is 0.426. The minimum atomic E-state index is -1.48. The maximum absolute atomic E-state index is 9.51. The highest BCUT2D eigenvalue weighted by Crippen LogP contribution is 2.36. The Bertz CT molecular complexity index is 1290. The van der Waals surface area contributed by atoms with E-state index in [-0.39, 0.29) is 0 Å². The first-order valence-electron chi connectivity index (χ1n) is 11.6. The second-order valence-corrected chi connectivity index (χ2v) is 8.40. The molecule has 166 valence electrons. The van der Waals surface area contributed by atoms with E-state index in [2.05, 4.69) is 83.8 Å². The first-order valence-corrected chi connectivity index (χ1v) is 11.6. The molecule has 0 spiro atoms. The molecule has 4 aromatic rings. The van der Waals surface area contributed by atoms with Crippen molar-refractivity contribution >= 4 is 35.2 Å². The Balaban J connectivity index is 1.52. The van der Waals surface area contributed by atoms with Crippen molar-refractivity contribution in [2.75, 3.05) is 4.90 Å². The van der Waals surface area contributed by atoms with Crippen molar-refractivity contribution < 1.29 is 10.0 Å². The number of allylic oxidation sites excluding steroid dienone is 4. The molecule has 0 unspecified atom stereocenters. The third-order valence-electron chi connectivity index (χ3n) is 6.14. The molecule has 0 amide bonds. The second kappa shape index (κ2) is 9.96. The quantitative estimate of drug-likeness (QED) is 0.347. The number of hydrogen-bond donors (Lipinski definition) is 2. The van der Waals surface area contributed by atoms with Crippen LogP contribution in [0.1, 0.15) is 18.4 Å². The molecule has 34 heavy (non-hydrogen) atoms. The average molecular weight is 443 g/mol.